The number of fused-ring (bicyclic) bond motifs is 1. The topological polar surface area (TPSA) is 55.4 Å². The maximum Gasteiger partial charge on any atom is 0.270 e. The summed E-state index contributed by atoms with van der Waals surface area (Å²) in [7, 11) is 0. The summed E-state index contributed by atoms with van der Waals surface area (Å²) in [6, 6.07) is 3.64. The van der Waals surface area contributed by atoms with Crippen LogP contribution in [0.25, 0.3) is 12.2 Å². The predicted octanol–water partition coefficient (Wildman–Crippen LogP) is 0.242. The summed E-state index contributed by atoms with van der Waals surface area (Å²) in [5.74, 6) is -0.245. The summed E-state index contributed by atoms with van der Waals surface area (Å²) in [6.07, 6.45) is 1.51. The molecule has 1 heterocycles. The first kappa shape index (κ1) is 8.69. The van der Waals surface area contributed by atoms with E-state index in [0.717, 1.165) is 11.1 Å². The number of nitrogens with zero attached hydrogens (tertiary/aromatic N) is 1. The zero-order valence-corrected chi connectivity index (χ0v) is 7.87. The van der Waals surface area contributed by atoms with Crippen LogP contribution in [0.5, 0.6) is 0 Å². The summed E-state index contributed by atoms with van der Waals surface area (Å²) >= 11 is 0. The molecule has 2 N–H and O–H groups in total. The second-order valence-corrected chi connectivity index (χ2v) is 3.31. The fourth-order valence-electron chi connectivity index (χ4n) is 1.50. The first-order chi connectivity index (χ1) is 6.59. The third-order valence-corrected chi connectivity index (χ3v) is 2.31. The standard InChI is InChI=1S/C11H10N2O/c1-6-5-10(14)13-11-7(2)9(12)4-3-8(6)11/h3-5H,2,12H2,1H3. The molecule has 3 nitrogen and oxygen atoms in total. The summed E-state index contributed by atoms with van der Waals surface area (Å²) in [4.78, 5) is 15.1. The Morgan fingerprint density at radius 2 is 2.14 bits per heavy atom. The second-order valence-electron chi connectivity index (χ2n) is 3.31. The molecule has 3 heteroatoms. The van der Waals surface area contributed by atoms with Crippen LogP contribution in [-0.4, -0.2) is 5.91 Å². The van der Waals surface area contributed by atoms with E-state index in [2.05, 4.69) is 11.6 Å². The molecule has 0 saturated heterocycles. The Bertz CT molecular complexity index is 555. The van der Waals surface area contributed by atoms with Gasteiger partial charge in [0.05, 0.1) is 5.36 Å². The fourth-order valence-corrected chi connectivity index (χ4v) is 1.50. The van der Waals surface area contributed by atoms with Gasteiger partial charge in [0.2, 0.25) is 0 Å². The van der Waals surface area contributed by atoms with Crippen molar-refractivity contribution in [1.29, 1.82) is 0 Å². The van der Waals surface area contributed by atoms with Gasteiger partial charge in [0.25, 0.3) is 5.91 Å². The van der Waals surface area contributed by atoms with E-state index in [1.165, 1.54) is 6.08 Å². The zero-order chi connectivity index (χ0) is 10.3. The van der Waals surface area contributed by atoms with Crippen LogP contribution in [0.2, 0.25) is 0 Å². The average Bonchev–Trinajstić information content (AvgIpc) is 2.12. The van der Waals surface area contributed by atoms with Gasteiger partial charge in [-0.25, -0.2) is 4.99 Å². The smallest absolute Gasteiger partial charge is 0.270 e. The van der Waals surface area contributed by atoms with Gasteiger partial charge in [-0.1, -0.05) is 12.6 Å². The summed E-state index contributed by atoms with van der Waals surface area (Å²) in [6.45, 7) is 5.68. The van der Waals surface area contributed by atoms with E-state index in [1.807, 2.05) is 13.0 Å². The third-order valence-electron chi connectivity index (χ3n) is 2.31. The quantitative estimate of drug-likeness (QED) is 0.590. The molecule has 0 spiro atoms. The van der Waals surface area contributed by atoms with Crippen molar-refractivity contribution < 1.29 is 4.79 Å². The zero-order valence-electron chi connectivity index (χ0n) is 7.87. The normalized spacial score (nSPS) is 14.4. The van der Waals surface area contributed by atoms with Gasteiger partial charge in [-0.3, -0.25) is 4.79 Å². The number of hydrogen-bond acceptors (Lipinski definition) is 2. The lowest BCUT2D eigenvalue weighted by atomic mass is 10.0. The molecule has 0 aromatic heterocycles. The van der Waals surface area contributed by atoms with E-state index in [9.17, 15) is 4.79 Å². The minimum atomic E-state index is -0.245. The molecule has 0 atom stereocenters. The van der Waals surface area contributed by atoms with Crippen LogP contribution in [0, 0.1) is 0 Å². The fraction of sp³-hybridized carbons (Fsp3) is 0.0909. The number of nitrogens with two attached hydrogens (primary N) is 1. The van der Waals surface area contributed by atoms with Crippen molar-refractivity contribution in [1.82, 2.24) is 0 Å². The lowest BCUT2D eigenvalue weighted by molar-refractivity contribution is -0.113. The average molecular weight is 186 g/mol. The highest BCUT2D eigenvalue weighted by Crippen LogP contribution is 2.11. The van der Waals surface area contributed by atoms with Crippen molar-refractivity contribution in [3.63, 3.8) is 0 Å². The Balaban J connectivity index is 2.93. The molecular weight excluding hydrogens is 176 g/mol. The van der Waals surface area contributed by atoms with Crippen molar-refractivity contribution >= 4 is 23.7 Å². The Morgan fingerprint density at radius 3 is 2.86 bits per heavy atom. The van der Waals surface area contributed by atoms with Gasteiger partial charge in [-0.05, 0) is 18.6 Å². The first-order valence-corrected chi connectivity index (χ1v) is 4.28. The van der Waals surface area contributed by atoms with Crippen molar-refractivity contribution in [3.05, 3.63) is 34.3 Å². The number of rotatable bonds is 0. The molecule has 70 valence electrons. The SMILES string of the molecule is C=c1c(N)ccc2c1=NC(=O)C=C2C. The van der Waals surface area contributed by atoms with E-state index in [1.54, 1.807) is 6.07 Å². The summed E-state index contributed by atoms with van der Waals surface area (Å²) in [5, 5.41) is 1.23. The lowest BCUT2D eigenvalue weighted by Gasteiger charge is -2.07. The monoisotopic (exact) mass is 186 g/mol. The van der Waals surface area contributed by atoms with Gasteiger partial charge in [0.1, 0.15) is 0 Å². The Hall–Kier alpha value is -1.90. The Labute approximate surface area is 81.3 Å². The summed E-state index contributed by atoms with van der Waals surface area (Å²) in [5.41, 5.74) is 8.09. The van der Waals surface area contributed by atoms with Crippen LogP contribution in [0.3, 0.4) is 0 Å². The number of allylic oxidation sites excluding steroid dienone is 1. The maximum atomic E-state index is 11.2. The molecule has 0 aliphatic carbocycles. The number of carbonyl (C=O) groups excluding carboxylic acids is 1. The van der Waals surface area contributed by atoms with E-state index in [-0.39, 0.29) is 5.91 Å². The molecule has 2 rings (SSSR count). The van der Waals surface area contributed by atoms with E-state index >= 15 is 0 Å². The molecule has 1 aromatic rings. The van der Waals surface area contributed by atoms with Crippen LogP contribution in [0.15, 0.2) is 23.2 Å². The van der Waals surface area contributed by atoms with Crippen LogP contribution >= 0.6 is 0 Å². The second kappa shape index (κ2) is 2.80. The summed E-state index contributed by atoms with van der Waals surface area (Å²) < 4.78 is 0. The predicted molar refractivity (Wildman–Crippen MR) is 55.8 cm³/mol. The number of anilines is 1. The third kappa shape index (κ3) is 1.14. The van der Waals surface area contributed by atoms with E-state index < -0.39 is 0 Å². The molecule has 14 heavy (non-hydrogen) atoms. The van der Waals surface area contributed by atoms with E-state index in [0.29, 0.717) is 16.3 Å². The van der Waals surface area contributed by atoms with Crippen LogP contribution in [0.4, 0.5) is 5.69 Å². The van der Waals surface area contributed by atoms with Crippen molar-refractivity contribution in [2.45, 2.75) is 6.92 Å². The number of benzene rings is 1. The number of nitrogen functional groups attached to an aromatic ring is 1. The Kier molecular flexibility index (Phi) is 1.74. The highest BCUT2D eigenvalue weighted by atomic mass is 16.1. The van der Waals surface area contributed by atoms with Crippen molar-refractivity contribution in [2.75, 3.05) is 5.73 Å². The minimum absolute atomic E-state index is 0.245. The van der Waals surface area contributed by atoms with Crippen molar-refractivity contribution in [3.8, 4) is 0 Å². The molecule has 1 aromatic carbocycles. The maximum absolute atomic E-state index is 11.2. The molecule has 1 amide bonds. The molecule has 1 aliphatic heterocycles. The van der Waals surface area contributed by atoms with E-state index in [4.69, 9.17) is 5.73 Å². The number of carbonyl (C=O) groups is 1. The largest absolute Gasteiger partial charge is 0.398 e. The van der Waals surface area contributed by atoms with Gasteiger partial charge in [-0.2, -0.15) is 0 Å². The van der Waals surface area contributed by atoms with Crippen molar-refractivity contribution in [2.24, 2.45) is 4.99 Å². The Morgan fingerprint density at radius 1 is 1.43 bits per heavy atom. The first-order valence-electron chi connectivity index (χ1n) is 4.28. The molecule has 0 bridgehead atoms. The van der Waals surface area contributed by atoms with Gasteiger partial charge in [0.15, 0.2) is 0 Å². The van der Waals surface area contributed by atoms with Gasteiger partial charge >= 0.3 is 0 Å². The molecule has 0 unspecified atom stereocenters. The van der Waals surface area contributed by atoms with Gasteiger partial charge in [-0.15, -0.1) is 0 Å². The number of amides is 1. The highest BCUT2D eigenvalue weighted by molar-refractivity contribution is 5.97. The highest BCUT2D eigenvalue weighted by Gasteiger charge is 2.09. The van der Waals surface area contributed by atoms with Gasteiger partial charge in [0, 0.05) is 22.5 Å². The molecular formula is C11H10N2O. The number of hydrogen-bond donors (Lipinski definition) is 1. The van der Waals surface area contributed by atoms with Crippen LogP contribution < -0.4 is 16.3 Å². The molecule has 0 saturated carbocycles. The van der Waals surface area contributed by atoms with Crippen LogP contribution in [-0.2, 0) is 4.79 Å². The molecule has 0 radical (unpaired) electrons. The van der Waals surface area contributed by atoms with Gasteiger partial charge < -0.3 is 5.73 Å². The van der Waals surface area contributed by atoms with Crippen LogP contribution in [0.1, 0.15) is 12.5 Å². The molecule has 0 fully saturated rings. The lowest BCUT2D eigenvalue weighted by Crippen LogP contribution is -2.32. The minimum Gasteiger partial charge on any atom is -0.398 e. The molecule has 1 aliphatic rings.